The van der Waals surface area contributed by atoms with Gasteiger partial charge in [-0.2, -0.15) is 0 Å². The highest BCUT2D eigenvalue weighted by molar-refractivity contribution is 5.92. The number of fused-ring (bicyclic) bond motifs is 5. The van der Waals surface area contributed by atoms with E-state index in [-0.39, 0.29) is 16.6 Å². The first-order valence-corrected chi connectivity index (χ1v) is 8.82. The van der Waals surface area contributed by atoms with Gasteiger partial charge in [-0.15, -0.1) is 0 Å². The molecule has 0 aromatic rings. The molecule has 0 heterocycles. The maximum Gasteiger partial charge on any atom is 0.155 e. The van der Waals surface area contributed by atoms with Crippen LogP contribution in [0.15, 0.2) is 11.6 Å². The van der Waals surface area contributed by atoms with Crippen LogP contribution >= 0.6 is 0 Å². The van der Waals surface area contributed by atoms with Crippen LogP contribution in [-0.4, -0.2) is 22.8 Å². The number of aliphatic hydroxyl groups is 1. The van der Waals surface area contributed by atoms with Crippen LogP contribution in [0.1, 0.15) is 58.8 Å². The summed E-state index contributed by atoms with van der Waals surface area (Å²) in [6.45, 7) is 4.42. The lowest BCUT2D eigenvalue weighted by atomic mass is 9.47. The molecule has 3 heteroatoms. The van der Waals surface area contributed by atoms with Crippen LogP contribution in [-0.2, 0) is 9.59 Å². The second-order valence-corrected chi connectivity index (χ2v) is 8.53. The normalized spacial score (nSPS) is 51.0. The smallest absolute Gasteiger partial charge is 0.155 e. The summed E-state index contributed by atoms with van der Waals surface area (Å²) in [6.07, 6.45) is 7.24. The highest BCUT2D eigenvalue weighted by atomic mass is 16.3. The van der Waals surface area contributed by atoms with E-state index >= 15 is 0 Å². The minimum atomic E-state index is -0.492. The summed E-state index contributed by atoms with van der Waals surface area (Å²) >= 11 is 0. The van der Waals surface area contributed by atoms with Gasteiger partial charge in [-0.3, -0.25) is 9.59 Å². The Morgan fingerprint density at radius 1 is 1.05 bits per heavy atom. The van der Waals surface area contributed by atoms with Crippen LogP contribution in [0, 0.1) is 28.6 Å². The first kappa shape index (κ1) is 14.6. The summed E-state index contributed by atoms with van der Waals surface area (Å²) in [4.78, 5) is 24.2. The third-order valence-corrected chi connectivity index (χ3v) is 7.69. The summed E-state index contributed by atoms with van der Waals surface area (Å²) in [5, 5.41) is 10.7. The molecule has 3 saturated carbocycles. The molecule has 0 aromatic carbocycles. The van der Waals surface area contributed by atoms with Gasteiger partial charge in [-0.25, -0.2) is 0 Å². The maximum atomic E-state index is 12.4. The first-order valence-electron chi connectivity index (χ1n) is 8.82. The van der Waals surface area contributed by atoms with Gasteiger partial charge in [0.05, 0.1) is 6.10 Å². The number of carbonyl (C=O) groups is 2. The molecule has 3 fully saturated rings. The quantitative estimate of drug-likeness (QED) is 0.748. The van der Waals surface area contributed by atoms with Crippen molar-refractivity contribution in [3.8, 4) is 0 Å². The Bertz CT molecular complexity index is 577. The third kappa shape index (κ3) is 1.72. The van der Waals surface area contributed by atoms with Gasteiger partial charge in [0.25, 0.3) is 0 Å². The molecule has 120 valence electrons. The van der Waals surface area contributed by atoms with Gasteiger partial charge in [-0.05, 0) is 66.9 Å². The van der Waals surface area contributed by atoms with Crippen molar-refractivity contribution < 1.29 is 14.7 Å². The van der Waals surface area contributed by atoms with E-state index in [4.69, 9.17) is 0 Å². The van der Waals surface area contributed by atoms with Crippen molar-refractivity contribution in [2.45, 2.75) is 64.9 Å². The van der Waals surface area contributed by atoms with E-state index in [1.165, 1.54) is 0 Å². The molecule has 6 atom stereocenters. The van der Waals surface area contributed by atoms with Crippen molar-refractivity contribution in [1.29, 1.82) is 0 Å². The van der Waals surface area contributed by atoms with E-state index in [1.807, 2.05) is 0 Å². The SMILES string of the molecule is CC12CCC3C(C[C@@H](O)C4=CC(=O)CCC43C)C1CCC2=O. The summed E-state index contributed by atoms with van der Waals surface area (Å²) in [5.74, 6) is 2.01. The molecule has 22 heavy (non-hydrogen) atoms. The fourth-order valence-electron chi connectivity index (χ4n) is 6.38. The van der Waals surface area contributed by atoms with E-state index in [9.17, 15) is 14.7 Å². The molecule has 0 amide bonds. The van der Waals surface area contributed by atoms with Gasteiger partial charge in [0, 0.05) is 18.3 Å². The predicted molar refractivity (Wildman–Crippen MR) is 83.1 cm³/mol. The zero-order valence-corrected chi connectivity index (χ0v) is 13.6. The number of hydrogen-bond acceptors (Lipinski definition) is 3. The molecule has 4 rings (SSSR count). The second-order valence-electron chi connectivity index (χ2n) is 8.53. The molecule has 0 bridgehead atoms. The van der Waals surface area contributed by atoms with Gasteiger partial charge in [-0.1, -0.05) is 13.8 Å². The van der Waals surface area contributed by atoms with Crippen LogP contribution in [0.4, 0.5) is 0 Å². The van der Waals surface area contributed by atoms with Gasteiger partial charge in [0.2, 0.25) is 0 Å². The lowest BCUT2D eigenvalue weighted by Gasteiger charge is -2.58. The number of carbonyl (C=O) groups excluding carboxylic acids is 2. The molecule has 0 spiro atoms. The highest BCUT2D eigenvalue weighted by Gasteiger charge is 2.60. The van der Waals surface area contributed by atoms with Gasteiger partial charge >= 0.3 is 0 Å². The van der Waals surface area contributed by atoms with E-state index in [0.29, 0.717) is 30.0 Å². The monoisotopic (exact) mass is 302 g/mol. The minimum absolute atomic E-state index is 0.0385. The largest absolute Gasteiger partial charge is 0.389 e. The van der Waals surface area contributed by atoms with Crippen molar-refractivity contribution in [1.82, 2.24) is 0 Å². The Kier molecular flexibility index (Phi) is 3.01. The third-order valence-electron chi connectivity index (χ3n) is 7.69. The fraction of sp³-hybridized carbons (Fsp3) is 0.789. The van der Waals surface area contributed by atoms with Crippen LogP contribution in [0.3, 0.4) is 0 Å². The van der Waals surface area contributed by atoms with Crippen molar-refractivity contribution in [3.63, 3.8) is 0 Å². The molecule has 0 aromatic heterocycles. The van der Waals surface area contributed by atoms with Gasteiger partial charge < -0.3 is 5.11 Å². The zero-order valence-electron chi connectivity index (χ0n) is 13.6. The number of ketones is 2. The van der Waals surface area contributed by atoms with Crippen molar-refractivity contribution in [2.24, 2.45) is 28.6 Å². The Balaban J connectivity index is 1.74. The second kappa shape index (κ2) is 4.53. The molecule has 0 aliphatic heterocycles. The first-order chi connectivity index (χ1) is 10.4. The van der Waals surface area contributed by atoms with Crippen LogP contribution in [0.25, 0.3) is 0 Å². The number of Topliss-reactive ketones (excluding diaryl/α,β-unsaturated/α-hetero) is 1. The molecule has 3 nitrogen and oxygen atoms in total. The number of hydrogen-bond donors (Lipinski definition) is 1. The standard InChI is InChI=1S/C19H26O3/c1-18-7-5-11(20)9-15(18)16(21)10-12-13-3-4-17(22)19(13,2)8-6-14(12)18/h9,12-14,16,21H,3-8,10H2,1-2H3/t12?,13?,14?,16-,18?,19?/m1/s1. The zero-order chi connectivity index (χ0) is 15.7. The van der Waals surface area contributed by atoms with Crippen molar-refractivity contribution >= 4 is 11.6 Å². The Hall–Kier alpha value is -0.960. The topological polar surface area (TPSA) is 54.4 Å². The average molecular weight is 302 g/mol. The van der Waals surface area contributed by atoms with Crippen LogP contribution in [0.5, 0.6) is 0 Å². The van der Waals surface area contributed by atoms with E-state index in [1.54, 1.807) is 6.08 Å². The summed E-state index contributed by atoms with van der Waals surface area (Å²) in [7, 11) is 0. The number of rotatable bonds is 0. The summed E-state index contributed by atoms with van der Waals surface area (Å²) < 4.78 is 0. The summed E-state index contributed by atoms with van der Waals surface area (Å²) in [5.41, 5.74) is 0.796. The molecule has 4 aliphatic rings. The molecule has 1 N–H and O–H groups in total. The molecular formula is C19H26O3. The Morgan fingerprint density at radius 2 is 1.77 bits per heavy atom. The van der Waals surface area contributed by atoms with Crippen molar-refractivity contribution in [3.05, 3.63) is 11.6 Å². The average Bonchev–Trinajstić information content (AvgIpc) is 2.77. The Morgan fingerprint density at radius 3 is 2.55 bits per heavy atom. The molecule has 5 unspecified atom stereocenters. The summed E-state index contributed by atoms with van der Waals surface area (Å²) in [6, 6.07) is 0. The van der Waals surface area contributed by atoms with E-state index < -0.39 is 6.10 Å². The number of aliphatic hydroxyl groups excluding tert-OH is 1. The molecule has 4 aliphatic carbocycles. The lowest BCUT2D eigenvalue weighted by Crippen LogP contribution is -2.54. The predicted octanol–water partition coefficient (Wildman–Crippen LogP) is 3.06. The van der Waals surface area contributed by atoms with Crippen LogP contribution < -0.4 is 0 Å². The van der Waals surface area contributed by atoms with Gasteiger partial charge in [0.1, 0.15) is 5.78 Å². The fourth-order valence-corrected chi connectivity index (χ4v) is 6.38. The van der Waals surface area contributed by atoms with Crippen molar-refractivity contribution in [2.75, 3.05) is 0 Å². The van der Waals surface area contributed by atoms with E-state index in [2.05, 4.69) is 13.8 Å². The molecule has 0 saturated heterocycles. The lowest BCUT2D eigenvalue weighted by molar-refractivity contribution is -0.134. The molecule has 0 radical (unpaired) electrons. The van der Waals surface area contributed by atoms with E-state index in [0.717, 1.165) is 44.1 Å². The minimum Gasteiger partial charge on any atom is -0.389 e. The Labute approximate surface area is 132 Å². The molecular weight excluding hydrogens is 276 g/mol. The van der Waals surface area contributed by atoms with Crippen LogP contribution in [0.2, 0.25) is 0 Å². The highest BCUT2D eigenvalue weighted by Crippen LogP contribution is 2.64. The van der Waals surface area contributed by atoms with Gasteiger partial charge in [0.15, 0.2) is 5.78 Å². The maximum absolute atomic E-state index is 12.4.